The van der Waals surface area contributed by atoms with Gasteiger partial charge in [0.25, 0.3) is 0 Å². The molecule has 0 aromatic heterocycles. The molecule has 7 nitrogen and oxygen atoms in total. The third-order valence-corrected chi connectivity index (χ3v) is 10.1. The second-order valence-electron chi connectivity index (χ2n) is 12.4. The highest BCUT2D eigenvalue weighted by Gasteiger charge is 2.61. The SMILES string of the molecule is CC12COC(CNC(=O)C3CCCC3)OC1CCC1(C)C(CC(=O)NCc3ccccc3)C(O)CCC21. The van der Waals surface area contributed by atoms with Gasteiger partial charge in [0.1, 0.15) is 0 Å². The number of hydrogen-bond acceptors (Lipinski definition) is 5. The van der Waals surface area contributed by atoms with Gasteiger partial charge in [-0.3, -0.25) is 9.59 Å². The predicted molar refractivity (Wildman–Crippen MR) is 140 cm³/mol. The van der Waals surface area contributed by atoms with E-state index in [1.807, 2.05) is 30.3 Å². The van der Waals surface area contributed by atoms with E-state index in [-0.39, 0.29) is 40.6 Å². The fraction of sp³-hybridized carbons (Fsp3) is 0.733. The summed E-state index contributed by atoms with van der Waals surface area (Å²) in [4.78, 5) is 25.4. The van der Waals surface area contributed by atoms with Gasteiger partial charge in [-0.15, -0.1) is 0 Å². The third-order valence-electron chi connectivity index (χ3n) is 10.1. The maximum absolute atomic E-state index is 13.0. The Morgan fingerprint density at radius 3 is 2.51 bits per heavy atom. The Bertz CT molecular complexity index is 951. The minimum Gasteiger partial charge on any atom is -0.393 e. The average molecular weight is 513 g/mol. The fourth-order valence-electron chi connectivity index (χ4n) is 7.98. The molecule has 1 aromatic carbocycles. The van der Waals surface area contributed by atoms with Gasteiger partial charge >= 0.3 is 0 Å². The molecule has 1 aromatic rings. The summed E-state index contributed by atoms with van der Waals surface area (Å²) in [5.74, 6) is 0.464. The van der Waals surface area contributed by atoms with E-state index < -0.39 is 12.4 Å². The molecule has 5 rings (SSSR count). The van der Waals surface area contributed by atoms with Crippen molar-refractivity contribution in [2.45, 2.75) is 96.7 Å². The van der Waals surface area contributed by atoms with E-state index in [1.54, 1.807) is 0 Å². The van der Waals surface area contributed by atoms with Crippen LogP contribution >= 0.6 is 0 Å². The Balaban J connectivity index is 1.20. The van der Waals surface area contributed by atoms with Crippen molar-refractivity contribution in [2.75, 3.05) is 13.2 Å². The van der Waals surface area contributed by atoms with Crippen LogP contribution in [0.2, 0.25) is 0 Å². The van der Waals surface area contributed by atoms with Crippen LogP contribution in [0.3, 0.4) is 0 Å². The Morgan fingerprint density at radius 1 is 1.00 bits per heavy atom. The summed E-state index contributed by atoms with van der Waals surface area (Å²) in [5, 5.41) is 17.2. The van der Waals surface area contributed by atoms with Gasteiger partial charge in [0.2, 0.25) is 11.8 Å². The van der Waals surface area contributed by atoms with Gasteiger partial charge in [-0.05, 0) is 61.3 Å². The summed E-state index contributed by atoms with van der Waals surface area (Å²) in [6, 6.07) is 9.92. The van der Waals surface area contributed by atoms with Crippen LogP contribution in [0.1, 0.15) is 77.2 Å². The third kappa shape index (κ3) is 5.45. The Kier molecular flexibility index (Phi) is 7.94. The van der Waals surface area contributed by atoms with Crippen LogP contribution in [0.5, 0.6) is 0 Å². The number of aliphatic hydroxyl groups is 1. The van der Waals surface area contributed by atoms with Crippen molar-refractivity contribution in [1.29, 1.82) is 0 Å². The topological polar surface area (TPSA) is 96.9 Å². The fourth-order valence-corrected chi connectivity index (χ4v) is 7.98. The number of rotatable bonds is 7. The zero-order valence-electron chi connectivity index (χ0n) is 22.4. The van der Waals surface area contributed by atoms with Crippen molar-refractivity contribution < 1.29 is 24.2 Å². The highest BCUT2D eigenvalue weighted by Crippen LogP contribution is 2.62. The molecule has 1 saturated heterocycles. The first-order valence-electron chi connectivity index (χ1n) is 14.3. The summed E-state index contributed by atoms with van der Waals surface area (Å²) in [5.41, 5.74) is 0.726. The van der Waals surface area contributed by atoms with Crippen molar-refractivity contribution in [3.8, 4) is 0 Å². The predicted octanol–water partition coefficient (Wildman–Crippen LogP) is 3.93. The van der Waals surface area contributed by atoms with Gasteiger partial charge in [-0.1, -0.05) is 57.0 Å². The van der Waals surface area contributed by atoms with Crippen LogP contribution in [0.4, 0.5) is 0 Å². The van der Waals surface area contributed by atoms with Gasteiger partial charge in [0.15, 0.2) is 6.29 Å². The lowest BCUT2D eigenvalue weighted by atomic mass is 9.46. The molecular weight excluding hydrogens is 468 g/mol. The first kappa shape index (κ1) is 26.6. The van der Waals surface area contributed by atoms with Crippen LogP contribution < -0.4 is 10.6 Å². The van der Waals surface area contributed by atoms with E-state index in [9.17, 15) is 14.7 Å². The maximum Gasteiger partial charge on any atom is 0.223 e. The molecule has 1 aliphatic heterocycles. The molecule has 4 aliphatic rings. The van der Waals surface area contributed by atoms with Crippen molar-refractivity contribution in [3.63, 3.8) is 0 Å². The second kappa shape index (κ2) is 11.0. The van der Waals surface area contributed by atoms with Crippen molar-refractivity contribution in [2.24, 2.45) is 28.6 Å². The van der Waals surface area contributed by atoms with Crippen LogP contribution in [-0.4, -0.2) is 48.6 Å². The summed E-state index contributed by atoms with van der Waals surface area (Å²) in [6.07, 6.45) is 7.11. The van der Waals surface area contributed by atoms with Gasteiger partial charge in [0, 0.05) is 24.3 Å². The Hall–Kier alpha value is -1.96. The quantitative estimate of drug-likeness (QED) is 0.514. The van der Waals surface area contributed by atoms with Crippen LogP contribution in [0.25, 0.3) is 0 Å². The molecule has 37 heavy (non-hydrogen) atoms. The minimum atomic E-state index is -0.479. The van der Waals surface area contributed by atoms with Crippen LogP contribution in [-0.2, 0) is 25.6 Å². The molecule has 0 spiro atoms. The van der Waals surface area contributed by atoms with E-state index in [0.29, 0.717) is 38.5 Å². The second-order valence-corrected chi connectivity index (χ2v) is 12.4. The van der Waals surface area contributed by atoms with Crippen molar-refractivity contribution >= 4 is 11.8 Å². The number of fused-ring (bicyclic) bond motifs is 3. The molecule has 7 atom stereocenters. The smallest absolute Gasteiger partial charge is 0.223 e. The highest BCUT2D eigenvalue weighted by atomic mass is 16.7. The number of carbonyl (C=O) groups excluding carboxylic acids is 2. The van der Waals surface area contributed by atoms with Crippen LogP contribution in [0, 0.1) is 28.6 Å². The number of hydrogen-bond donors (Lipinski definition) is 3. The number of benzene rings is 1. The molecule has 1 heterocycles. The van der Waals surface area contributed by atoms with Gasteiger partial charge < -0.3 is 25.2 Å². The Labute approximate surface area is 221 Å². The number of amides is 2. The van der Waals surface area contributed by atoms with Crippen molar-refractivity contribution in [1.82, 2.24) is 10.6 Å². The summed E-state index contributed by atoms with van der Waals surface area (Å²) >= 11 is 0. The molecular formula is C30H44N2O5. The van der Waals surface area contributed by atoms with E-state index >= 15 is 0 Å². The van der Waals surface area contributed by atoms with E-state index in [0.717, 1.165) is 50.5 Å². The molecule has 4 fully saturated rings. The lowest BCUT2D eigenvalue weighted by Gasteiger charge is -2.63. The number of aliphatic hydroxyl groups excluding tert-OH is 1. The molecule has 7 unspecified atom stereocenters. The summed E-state index contributed by atoms with van der Waals surface area (Å²) in [6.45, 7) is 6.00. The van der Waals surface area contributed by atoms with Gasteiger partial charge in [0.05, 0.1) is 25.4 Å². The average Bonchev–Trinajstić information content (AvgIpc) is 3.44. The first-order valence-corrected chi connectivity index (χ1v) is 14.3. The maximum atomic E-state index is 13.0. The lowest BCUT2D eigenvalue weighted by Crippen LogP contribution is -2.63. The summed E-state index contributed by atoms with van der Waals surface area (Å²) < 4.78 is 12.7. The van der Waals surface area contributed by atoms with Gasteiger partial charge in [-0.25, -0.2) is 0 Å². The molecule has 3 saturated carbocycles. The molecule has 7 heteroatoms. The largest absolute Gasteiger partial charge is 0.393 e. The normalized spacial score (nSPS) is 37.9. The number of ether oxygens (including phenoxy) is 2. The molecule has 0 radical (unpaired) electrons. The van der Waals surface area contributed by atoms with Crippen molar-refractivity contribution in [3.05, 3.63) is 35.9 Å². The molecule has 204 valence electrons. The zero-order chi connectivity index (χ0) is 26.0. The van der Waals surface area contributed by atoms with Gasteiger partial charge in [-0.2, -0.15) is 0 Å². The zero-order valence-corrected chi connectivity index (χ0v) is 22.4. The lowest BCUT2D eigenvalue weighted by molar-refractivity contribution is -0.306. The molecule has 2 amide bonds. The number of nitrogens with one attached hydrogen (secondary N) is 2. The van der Waals surface area contributed by atoms with Crippen LogP contribution in [0.15, 0.2) is 30.3 Å². The standard InChI is InChI=1S/C30H44N2O5/c1-29-15-14-25-30(2,19-36-27(37-25)18-32-28(35)21-10-6-7-11-21)24(29)13-12-23(33)22(29)16-26(34)31-17-20-8-4-3-5-9-20/h3-5,8-9,21-25,27,33H,6-7,10-19H2,1-2H3,(H,31,34)(H,32,35). The van der Waals surface area contributed by atoms with E-state index in [4.69, 9.17) is 9.47 Å². The highest BCUT2D eigenvalue weighted by molar-refractivity contribution is 5.78. The van der Waals surface area contributed by atoms with E-state index in [1.165, 1.54) is 0 Å². The Morgan fingerprint density at radius 2 is 1.76 bits per heavy atom. The minimum absolute atomic E-state index is 0.00346. The monoisotopic (exact) mass is 512 g/mol. The number of carbonyl (C=O) groups is 2. The first-order chi connectivity index (χ1) is 17.8. The summed E-state index contributed by atoms with van der Waals surface area (Å²) in [7, 11) is 0. The molecule has 3 aliphatic carbocycles. The molecule has 3 N–H and O–H groups in total. The van der Waals surface area contributed by atoms with E-state index in [2.05, 4.69) is 24.5 Å². The molecule has 0 bridgehead atoms.